The van der Waals surface area contributed by atoms with Crippen molar-refractivity contribution < 1.29 is 0 Å². The van der Waals surface area contributed by atoms with Crippen molar-refractivity contribution in [1.29, 1.82) is 0 Å². The highest BCUT2D eigenvalue weighted by Crippen LogP contribution is 2.19. The molecule has 0 spiro atoms. The van der Waals surface area contributed by atoms with Gasteiger partial charge in [0.1, 0.15) is 9.34 Å². The zero-order valence-electron chi connectivity index (χ0n) is 8.46. The lowest BCUT2D eigenvalue weighted by Gasteiger charge is -2.06. The highest BCUT2D eigenvalue weighted by Gasteiger charge is 1.97. The summed E-state index contributed by atoms with van der Waals surface area (Å²) in [6, 6.07) is 0.387. The monoisotopic (exact) mass is 230 g/mol. The second kappa shape index (κ2) is 6.17. The molecule has 1 aromatic heterocycles. The normalized spacial score (nSPS) is 13.6. The average molecular weight is 231 g/mol. The van der Waals surface area contributed by atoms with E-state index in [0.717, 1.165) is 22.3 Å². The van der Waals surface area contributed by atoms with Gasteiger partial charge in [-0.3, -0.25) is 0 Å². The van der Waals surface area contributed by atoms with E-state index >= 15 is 0 Å². The fourth-order valence-corrected chi connectivity index (χ4v) is 1.85. The summed E-state index contributed by atoms with van der Waals surface area (Å²) in [4.78, 5) is 4.14. The van der Waals surface area contributed by atoms with Crippen LogP contribution < -0.4 is 5.32 Å². The van der Waals surface area contributed by atoms with Gasteiger partial charge in [0.05, 0.1) is 6.20 Å². The summed E-state index contributed by atoms with van der Waals surface area (Å²) in [5.74, 6) is 0. The van der Waals surface area contributed by atoms with Crippen LogP contribution in [0.3, 0.4) is 0 Å². The lowest BCUT2D eigenvalue weighted by molar-refractivity contribution is 0.625. The Balaban J connectivity index is 2.39. The third-order valence-electron chi connectivity index (χ3n) is 1.74. The molecule has 1 unspecified atom stereocenters. The Morgan fingerprint density at radius 2 is 2.50 bits per heavy atom. The van der Waals surface area contributed by atoms with Crippen LogP contribution in [0.1, 0.15) is 25.3 Å². The van der Waals surface area contributed by atoms with E-state index in [-0.39, 0.29) is 0 Å². The number of hydrogen-bond donors (Lipinski definition) is 1. The van der Waals surface area contributed by atoms with E-state index in [0.29, 0.717) is 6.04 Å². The van der Waals surface area contributed by atoms with Crippen molar-refractivity contribution in [1.82, 2.24) is 10.3 Å². The van der Waals surface area contributed by atoms with Gasteiger partial charge in [0.25, 0.3) is 0 Å². The predicted octanol–water partition coefficient (Wildman–Crippen LogP) is 3.20. The van der Waals surface area contributed by atoms with Crippen LogP contribution in [0.5, 0.6) is 0 Å². The number of thiazole rings is 1. The second-order valence-electron chi connectivity index (χ2n) is 3.10. The van der Waals surface area contributed by atoms with Crippen LogP contribution in [0.4, 0.5) is 0 Å². The summed E-state index contributed by atoms with van der Waals surface area (Å²) >= 11 is 7.26. The third kappa shape index (κ3) is 4.22. The molecule has 0 aliphatic rings. The van der Waals surface area contributed by atoms with Crippen molar-refractivity contribution in [2.24, 2.45) is 0 Å². The number of aromatic nitrogens is 1. The van der Waals surface area contributed by atoms with E-state index in [4.69, 9.17) is 11.6 Å². The summed E-state index contributed by atoms with van der Waals surface area (Å²) in [6.07, 6.45) is 6.94. The molecular formula is C10H15ClN2S. The second-order valence-corrected chi connectivity index (χ2v) is 4.80. The minimum Gasteiger partial charge on any atom is -0.311 e. The third-order valence-corrected chi connectivity index (χ3v) is 2.82. The van der Waals surface area contributed by atoms with E-state index in [9.17, 15) is 0 Å². The van der Waals surface area contributed by atoms with Crippen molar-refractivity contribution in [3.63, 3.8) is 0 Å². The lowest BCUT2D eigenvalue weighted by Crippen LogP contribution is -2.24. The van der Waals surface area contributed by atoms with Gasteiger partial charge in [-0.25, -0.2) is 4.98 Å². The van der Waals surface area contributed by atoms with E-state index in [2.05, 4.69) is 30.2 Å². The van der Waals surface area contributed by atoms with Crippen LogP contribution in [-0.2, 0) is 0 Å². The SMILES string of the molecule is CCCNC(C)/C=C/c1ncc(Cl)s1. The van der Waals surface area contributed by atoms with E-state index in [1.165, 1.54) is 11.3 Å². The first-order chi connectivity index (χ1) is 6.72. The Labute approximate surface area is 94.0 Å². The molecule has 1 N–H and O–H groups in total. The maximum atomic E-state index is 5.77. The van der Waals surface area contributed by atoms with Crippen LogP contribution in [0, 0.1) is 0 Å². The van der Waals surface area contributed by atoms with Gasteiger partial charge in [-0.2, -0.15) is 0 Å². The molecule has 0 fully saturated rings. The molecule has 0 aliphatic carbocycles. The summed E-state index contributed by atoms with van der Waals surface area (Å²) in [5.41, 5.74) is 0. The molecule has 0 bridgehead atoms. The molecular weight excluding hydrogens is 216 g/mol. The minimum atomic E-state index is 0.387. The van der Waals surface area contributed by atoms with Crippen LogP contribution in [0.25, 0.3) is 6.08 Å². The molecule has 1 heterocycles. The summed E-state index contributed by atoms with van der Waals surface area (Å²) in [7, 11) is 0. The molecule has 1 atom stereocenters. The largest absolute Gasteiger partial charge is 0.311 e. The van der Waals surface area contributed by atoms with Crippen molar-refractivity contribution in [3.05, 3.63) is 21.6 Å². The summed E-state index contributed by atoms with van der Waals surface area (Å²) in [5, 5.41) is 4.32. The van der Waals surface area contributed by atoms with Crippen LogP contribution in [0.2, 0.25) is 4.34 Å². The maximum absolute atomic E-state index is 5.77. The highest BCUT2D eigenvalue weighted by atomic mass is 35.5. The van der Waals surface area contributed by atoms with Crippen molar-refractivity contribution >= 4 is 29.0 Å². The Hall–Kier alpha value is -0.380. The van der Waals surface area contributed by atoms with Crippen molar-refractivity contribution in [2.75, 3.05) is 6.54 Å². The van der Waals surface area contributed by atoms with Gasteiger partial charge < -0.3 is 5.32 Å². The first-order valence-electron chi connectivity index (χ1n) is 4.75. The molecule has 2 nitrogen and oxygen atoms in total. The fraction of sp³-hybridized carbons (Fsp3) is 0.500. The Morgan fingerprint density at radius 3 is 3.07 bits per heavy atom. The van der Waals surface area contributed by atoms with Gasteiger partial charge in [0, 0.05) is 6.04 Å². The van der Waals surface area contributed by atoms with Gasteiger partial charge in [-0.15, -0.1) is 11.3 Å². The Morgan fingerprint density at radius 1 is 1.71 bits per heavy atom. The molecule has 0 saturated carbocycles. The fourth-order valence-electron chi connectivity index (χ4n) is 1.01. The Bertz CT molecular complexity index is 296. The topological polar surface area (TPSA) is 24.9 Å². The number of nitrogens with one attached hydrogen (secondary N) is 1. The number of rotatable bonds is 5. The zero-order valence-corrected chi connectivity index (χ0v) is 10.0. The zero-order chi connectivity index (χ0) is 10.4. The van der Waals surface area contributed by atoms with Crippen LogP contribution in [0.15, 0.2) is 12.3 Å². The van der Waals surface area contributed by atoms with Gasteiger partial charge in [-0.05, 0) is 26.0 Å². The van der Waals surface area contributed by atoms with E-state index in [1.807, 2.05) is 6.08 Å². The lowest BCUT2D eigenvalue weighted by atomic mass is 10.3. The number of nitrogens with zero attached hydrogens (tertiary/aromatic N) is 1. The first kappa shape index (κ1) is 11.7. The standard InChI is InChI=1S/C10H15ClN2S/c1-3-6-12-8(2)4-5-10-13-7-9(11)14-10/h4-5,7-8,12H,3,6H2,1-2H3/b5-4+. The van der Waals surface area contributed by atoms with Crippen molar-refractivity contribution in [2.45, 2.75) is 26.3 Å². The van der Waals surface area contributed by atoms with Crippen molar-refractivity contribution in [3.8, 4) is 0 Å². The van der Waals surface area contributed by atoms with E-state index in [1.54, 1.807) is 6.20 Å². The first-order valence-corrected chi connectivity index (χ1v) is 5.94. The number of hydrogen-bond acceptors (Lipinski definition) is 3. The van der Waals surface area contributed by atoms with Gasteiger partial charge in [0.15, 0.2) is 0 Å². The molecule has 0 amide bonds. The average Bonchev–Trinajstić information content (AvgIpc) is 2.58. The van der Waals surface area contributed by atoms with Crippen LogP contribution >= 0.6 is 22.9 Å². The van der Waals surface area contributed by atoms with Gasteiger partial charge >= 0.3 is 0 Å². The smallest absolute Gasteiger partial charge is 0.117 e. The molecule has 1 aromatic rings. The van der Waals surface area contributed by atoms with Crippen LogP contribution in [-0.4, -0.2) is 17.6 Å². The van der Waals surface area contributed by atoms with Gasteiger partial charge in [0.2, 0.25) is 0 Å². The quantitative estimate of drug-likeness (QED) is 0.841. The molecule has 1 rings (SSSR count). The molecule has 78 valence electrons. The van der Waals surface area contributed by atoms with Gasteiger partial charge in [-0.1, -0.05) is 24.6 Å². The predicted molar refractivity (Wildman–Crippen MR) is 63.9 cm³/mol. The maximum Gasteiger partial charge on any atom is 0.117 e. The summed E-state index contributed by atoms with van der Waals surface area (Å²) < 4.78 is 0.735. The molecule has 0 saturated heterocycles. The molecule has 0 aliphatic heterocycles. The number of halogens is 1. The minimum absolute atomic E-state index is 0.387. The molecule has 0 radical (unpaired) electrons. The molecule has 0 aromatic carbocycles. The van der Waals surface area contributed by atoms with E-state index < -0.39 is 0 Å². The Kier molecular flexibility index (Phi) is 5.15. The molecule has 4 heteroatoms. The summed E-state index contributed by atoms with van der Waals surface area (Å²) in [6.45, 7) is 5.33. The molecule has 14 heavy (non-hydrogen) atoms. The highest BCUT2D eigenvalue weighted by molar-refractivity contribution is 7.16.